The van der Waals surface area contributed by atoms with E-state index in [1.165, 1.54) is 11.1 Å². The van der Waals surface area contributed by atoms with Crippen LogP contribution in [-0.2, 0) is 6.42 Å². The highest BCUT2D eigenvalue weighted by Crippen LogP contribution is 2.29. The molecule has 0 spiro atoms. The van der Waals surface area contributed by atoms with Gasteiger partial charge in [-0.15, -0.1) is 6.58 Å². The SMILES string of the molecule is C=CC(C)(CNC)Cc1cc(C)ccc1OC. The fourth-order valence-corrected chi connectivity index (χ4v) is 2.09. The third kappa shape index (κ3) is 3.60. The van der Waals surface area contributed by atoms with Gasteiger partial charge in [0.05, 0.1) is 7.11 Å². The summed E-state index contributed by atoms with van der Waals surface area (Å²) in [5.41, 5.74) is 2.55. The third-order valence-corrected chi connectivity index (χ3v) is 3.10. The standard InChI is InChI=1S/C15H23NO/c1-6-15(3,11-16-4)10-13-9-12(2)7-8-14(13)17-5/h6-9,16H,1,10-11H2,2-5H3. The van der Waals surface area contributed by atoms with Crippen LogP contribution in [0.5, 0.6) is 5.75 Å². The Morgan fingerprint density at radius 3 is 2.71 bits per heavy atom. The second kappa shape index (κ2) is 5.87. The molecular weight excluding hydrogens is 210 g/mol. The van der Waals surface area contributed by atoms with Crippen molar-refractivity contribution in [3.63, 3.8) is 0 Å². The Bertz CT molecular complexity index is 387. The molecule has 0 saturated heterocycles. The number of benzene rings is 1. The molecule has 17 heavy (non-hydrogen) atoms. The van der Waals surface area contributed by atoms with Crippen LogP contribution in [0.1, 0.15) is 18.1 Å². The monoisotopic (exact) mass is 233 g/mol. The molecule has 0 amide bonds. The fourth-order valence-electron chi connectivity index (χ4n) is 2.09. The molecule has 0 aliphatic rings. The van der Waals surface area contributed by atoms with Crippen molar-refractivity contribution in [1.82, 2.24) is 5.32 Å². The van der Waals surface area contributed by atoms with Gasteiger partial charge in [0.2, 0.25) is 0 Å². The maximum absolute atomic E-state index is 5.41. The van der Waals surface area contributed by atoms with Gasteiger partial charge in [-0.25, -0.2) is 0 Å². The normalized spacial score (nSPS) is 14.1. The largest absolute Gasteiger partial charge is 0.496 e. The van der Waals surface area contributed by atoms with Gasteiger partial charge in [0.25, 0.3) is 0 Å². The molecule has 0 aliphatic carbocycles. The molecule has 94 valence electrons. The number of nitrogens with one attached hydrogen (secondary N) is 1. The molecular formula is C15H23NO. The first kappa shape index (κ1) is 13.8. The van der Waals surface area contributed by atoms with E-state index in [1.54, 1.807) is 7.11 Å². The van der Waals surface area contributed by atoms with Gasteiger partial charge in [0.1, 0.15) is 5.75 Å². The van der Waals surface area contributed by atoms with Gasteiger partial charge in [0, 0.05) is 12.0 Å². The lowest BCUT2D eigenvalue weighted by atomic mass is 9.83. The zero-order valence-electron chi connectivity index (χ0n) is 11.3. The highest BCUT2D eigenvalue weighted by molar-refractivity contribution is 5.38. The van der Waals surface area contributed by atoms with E-state index >= 15 is 0 Å². The van der Waals surface area contributed by atoms with Crippen LogP contribution < -0.4 is 10.1 Å². The van der Waals surface area contributed by atoms with Gasteiger partial charge in [-0.1, -0.05) is 30.7 Å². The second-order valence-electron chi connectivity index (χ2n) is 4.88. The quantitative estimate of drug-likeness (QED) is 0.763. The summed E-state index contributed by atoms with van der Waals surface area (Å²) in [6, 6.07) is 6.30. The van der Waals surface area contributed by atoms with Crippen LogP contribution in [0, 0.1) is 12.3 Å². The van der Waals surface area contributed by atoms with Gasteiger partial charge in [0.15, 0.2) is 0 Å². The van der Waals surface area contributed by atoms with Crippen molar-refractivity contribution in [2.75, 3.05) is 20.7 Å². The number of aryl methyl sites for hydroxylation is 1. The number of rotatable bonds is 6. The van der Waals surface area contributed by atoms with E-state index in [2.05, 4.69) is 37.9 Å². The average Bonchev–Trinajstić information content (AvgIpc) is 2.29. The maximum atomic E-state index is 5.41. The molecule has 0 radical (unpaired) electrons. The number of hydrogen-bond donors (Lipinski definition) is 1. The van der Waals surface area contributed by atoms with Gasteiger partial charge >= 0.3 is 0 Å². The van der Waals surface area contributed by atoms with E-state index in [4.69, 9.17) is 4.74 Å². The summed E-state index contributed by atoms with van der Waals surface area (Å²) >= 11 is 0. The van der Waals surface area contributed by atoms with Gasteiger partial charge in [-0.2, -0.15) is 0 Å². The molecule has 1 unspecified atom stereocenters. The molecule has 1 aromatic rings. The molecule has 0 aliphatic heterocycles. The lowest BCUT2D eigenvalue weighted by Gasteiger charge is -2.26. The van der Waals surface area contributed by atoms with Crippen LogP contribution >= 0.6 is 0 Å². The van der Waals surface area contributed by atoms with Crippen LogP contribution in [0.25, 0.3) is 0 Å². The van der Waals surface area contributed by atoms with Crippen molar-refractivity contribution in [1.29, 1.82) is 0 Å². The Labute approximate surface area is 105 Å². The zero-order chi connectivity index (χ0) is 12.9. The smallest absolute Gasteiger partial charge is 0.122 e. The lowest BCUT2D eigenvalue weighted by Crippen LogP contribution is -2.29. The number of ether oxygens (including phenoxy) is 1. The lowest BCUT2D eigenvalue weighted by molar-refractivity contribution is 0.378. The van der Waals surface area contributed by atoms with Crippen molar-refractivity contribution in [2.24, 2.45) is 5.41 Å². The third-order valence-electron chi connectivity index (χ3n) is 3.10. The van der Waals surface area contributed by atoms with Crippen LogP contribution in [0.15, 0.2) is 30.9 Å². The summed E-state index contributed by atoms with van der Waals surface area (Å²) in [5, 5.41) is 3.22. The molecule has 1 aromatic carbocycles. The van der Waals surface area contributed by atoms with Crippen LogP contribution in [0.3, 0.4) is 0 Å². The van der Waals surface area contributed by atoms with E-state index in [0.29, 0.717) is 0 Å². The Morgan fingerprint density at radius 1 is 1.47 bits per heavy atom. The first-order valence-electron chi connectivity index (χ1n) is 5.96. The second-order valence-corrected chi connectivity index (χ2v) is 4.88. The number of methoxy groups -OCH3 is 1. The molecule has 1 atom stereocenters. The summed E-state index contributed by atoms with van der Waals surface area (Å²) in [4.78, 5) is 0. The minimum absolute atomic E-state index is 0.0514. The molecule has 1 N–H and O–H groups in total. The van der Waals surface area contributed by atoms with E-state index in [-0.39, 0.29) is 5.41 Å². The Morgan fingerprint density at radius 2 is 2.18 bits per heavy atom. The molecule has 2 nitrogen and oxygen atoms in total. The predicted molar refractivity (Wildman–Crippen MR) is 73.7 cm³/mol. The summed E-state index contributed by atoms with van der Waals surface area (Å²) in [6.07, 6.45) is 2.95. The highest BCUT2D eigenvalue weighted by Gasteiger charge is 2.21. The maximum Gasteiger partial charge on any atom is 0.122 e. The number of hydrogen-bond acceptors (Lipinski definition) is 2. The summed E-state index contributed by atoms with van der Waals surface area (Å²) in [7, 11) is 3.69. The molecule has 0 saturated carbocycles. The highest BCUT2D eigenvalue weighted by atomic mass is 16.5. The van der Waals surface area contributed by atoms with Gasteiger partial charge < -0.3 is 10.1 Å². The molecule has 0 fully saturated rings. The average molecular weight is 233 g/mol. The Balaban J connectivity index is 2.99. The van der Waals surface area contributed by atoms with E-state index < -0.39 is 0 Å². The molecule has 1 rings (SSSR count). The Kier molecular flexibility index (Phi) is 4.76. The van der Waals surface area contributed by atoms with E-state index in [1.807, 2.05) is 19.2 Å². The van der Waals surface area contributed by atoms with E-state index in [9.17, 15) is 0 Å². The van der Waals surface area contributed by atoms with Crippen molar-refractivity contribution in [3.05, 3.63) is 42.0 Å². The van der Waals surface area contributed by atoms with Crippen molar-refractivity contribution in [2.45, 2.75) is 20.3 Å². The first-order chi connectivity index (χ1) is 8.04. The minimum Gasteiger partial charge on any atom is -0.496 e. The summed E-state index contributed by atoms with van der Waals surface area (Å²) in [6.45, 7) is 9.17. The van der Waals surface area contributed by atoms with Crippen LogP contribution in [0.4, 0.5) is 0 Å². The fraction of sp³-hybridized carbons (Fsp3) is 0.467. The molecule has 0 aromatic heterocycles. The van der Waals surface area contributed by atoms with Crippen molar-refractivity contribution < 1.29 is 4.74 Å². The van der Waals surface area contributed by atoms with E-state index in [0.717, 1.165) is 18.7 Å². The van der Waals surface area contributed by atoms with Crippen LogP contribution in [-0.4, -0.2) is 20.7 Å². The summed E-state index contributed by atoms with van der Waals surface area (Å²) in [5.74, 6) is 0.958. The van der Waals surface area contributed by atoms with Gasteiger partial charge in [-0.3, -0.25) is 0 Å². The summed E-state index contributed by atoms with van der Waals surface area (Å²) < 4.78 is 5.41. The molecule has 0 bridgehead atoms. The molecule has 2 heteroatoms. The molecule has 0 heterocycles. The van der Waals surface area contributed by atoms with Gasteiger partial charge in [-0.05, 0) is 32.0 Å². The van der Waals surface area contributed by atoms with Crippen molar-refractivity contribution >= 4 is 0 Å². The van der Waals surface area contributed by atoms with Crippen molar-refractivity contribution in [3.8, 4) is 5.75 Å². The predicted octanol–water partition coefficient (Wildman–Crippen LogP) is 2.96. The first-order valence-corrected chi connectivity index (χ1v) is 5.96. The van der Waals surface area contributed by atoms with Crippen LogP contribution in [0.2, 0.25) is 0 Å². The zero-order valence-corrected chi connectivity index (χ0v) is 11.3. The topological polar surface area (TPSA) is 21.3 Å². The minimum atomic E-state index is 0.0514. The Hall–Kier alpha value is -1.28.